The van der Waals surface area contributed by atoms with Crippen molar-refractivity contribution in [2.75, 3.05) is 0 Å². The summed E-state index contributed by atoms with van der Waals surface area (Å²) in [4.78, 5) is 4.35. The molecule has 1 atom stereocenters. The summed E-state index contributed by atoms with van der Waals surface area (Å²) in [5, 5.41) is 9.68. The second-order valence-corrected chi connectivity index (χ2v) is 3.87. The van der Waals surface area contributed by atoms with Crippen LogP contribution in [-0.4, -0.2) is 20.8 Å². The van der Waals surface area contributed by atoms with Crippen LogP contribution < -0.4 is 0 Å². The molecule has 1 N–H and O–H groups in total. The van der Waals surface area contributed by atoms with Gasteiger partial charge in [-0.05, 0) is 26.7 Å². The van der Waals surface area contributed by atoms with Crippen molar-refractivity contribution >= 4 is 0 Å². The summed E-state index contributed by atoms with van der Waals surface area (Å²) in [6.45, 7) is 4.90. The van der Waals surface area contributed by atoms with Gasteiger partial charge >= 0.3 is 0 Å². The maximum atomic E-state index is 9.68. The predicted octanol–water partition coefficient (Wildman–Crippen LogP) is 1.32. The van der Waals surface area contributed by atoms with Gasteiger partial charge < -0.3 is 9.67 Å². The van der Waals surface area contributed by atoms with E-state index >= 15 is 0 Å². The van der Waals surface area contributed by atoms with Gasteiger partial charge in [0.2, 0.25) is 0 Å². The van der Waals surface area contributed by atoms with Crippen molar-refractivity contribution in [3.63, 3.8) is 0 Å². The Labute approximate surface area is 78.4 Å². The van der Waals surface area contributed by atoms with Crippen LogP contribution in [0.25, 0.3) is 0 Å². The highest BCUT2D eigenvalue weighted by atomic mass is 16.3. The zero-order valence-electron chi connectivity index (χ0n) is 8.20. The molecule has 3 heteroatoms. The lowest BCUT2D eigenvalue weighted by molar-refractivity contribution is 0.144. The third-order valence-corrected chi connectivity index (χ3v) is 3.09. The number of hydrogen-bond acceptors (Lipinski definition) is 2. The number of nitrogens with zero attached hydrogens (tertiary/aromatic N) is 2. The highest BCUT2D eigenvalue weighted by molar-refractivity contribution is 5.21. The standard InChI is InChI=1S/C10H16N2O/c1-3-12-7-6-11-9(12)10(4-5-10)8(2)13/h6-8,13H,3-5H2,1-2H3. The van der Waals surface area contributed by atoms with Crippen molar-refractivity contribution in [3.8, 4) is 0 Å². The number of aryl methyl sites for hydroxylation is 1. The van der Waals surface area contributed by atoms with Crippen LogP contribution in [-0.2, 0) is 12.0 Å². The van der Waals surface area contributed by atoms with Crippen molar-refractivity contribution in [1.29, 1.82) is 0 Å². The Bertz CT molecular complexity index is 300. The SMILES string of the molecule is CCn1ccnc1C1(C(C)O)CC1. The van der Waals surface area contributed by atoms with Gasteiger partial charge in [0.25, 0.3) is 0 Å². The van der Waals surface area contributed by atoms with Gasteiger partial charge in [0.15, 0.2) is 0 Å². The molecule has 0 saturated heterocycles. The van der Waals surface area contributed by atoms with Crippen LogP contribution in [0.15, 0.2) is 12.4 Å². The summed E-state index contributed by atoms with van der Waals surface area (Å²) in [7, 11) is 0. The summed E-state index contributed by atoms with van der Waals surface area (Å²) in [5.74, 6) is 1.06. The molecule has 0 amide bonds. The van der Waals surface area contributed by atoms with Crippen LogP contribution in [0, 0.1) is 0 Å². The van der Waals surface area contributed by atoms with Gasteiger partial charge in [-0.25, -0.2) is 4.98 Å². The maximum absolute atomic E-state index is 9.68. The lowest BCUT2D eigenvalue weighted by Gasteiger charge is -2.18. The average Bonchev–Trinajstić information content (AvgIpc) is 2.78. The average molecular weight is 180 g/mol. The summed E-state index contributed by atoms with van der Waals surface area (Å²) < 4.78 is 2.12. The molecule has 1 aromatic rings. The first-order valence-electron chi connectivity index (χ1n) is 4.90. The number of hydrogen-bond donors (Lipinski definition) is 1. The van der Waals surface area contributed by atoms with E-state index < -0.39 is 0 Å². The molecular weight excluding hydrogens is 164 g/mol. The Morgan fingerprint density at radius 1 is 1.69 bits per heavy atom. The molecule has 0 bridgehead atoms. The van der Waals surface area contributed by atoms with Gasteiger partial charge in [-0.1, -0.05) is 0 Å². The Kier molecular flexibility index (Phi) is 1.91. The van der Waals surface area contributed by atoms with E-state index in [1.807, 2.05) is 19.3 Å². The first-order valence-corrected chi connectivity index (χ1v) is 4.90. The molecule has 1 aliphatic rings. The van der Waals surface area contributed by atoms with E-state index in [2.05, 4.69) is 16.5 Å². The summed E-state index contributed by atoms with van der Waals surface area (Å²) >= 11 is 0. The number of imidazole rings is 1. The van der Waals surface area contributed by atoms with E-state index in [0.29, 0.717) is 0 Å². The normalized spacial score (nSPS) is 21.5. The minimum atomic E-state index is -0.278. The van der Waals surface area contributed by atoms with Crippen molar-refractivity contribution < 1.29 is 5.11 Å². The van der Waals surface area contributed by atoms with Gasteiger partial charge in [-0.3, -0.25) is 0 Å². The maximum Gasteiger partial charge on any atom is 0.117 e. The van der Waals surface area contributed by atoms with E-state index in [1.165, 1.54) is 0 Å². The van der Waals surface area contributed by atoms with Gasteiger partial charge in [-0.15, -0.1) is 0 Å². The molecule has 1 saturated carbocycles. The van der Waals surface area contributed by atoms with E-state index in [1.54, 1.807) is 0 Å². The molecule has 1 heterocycles. The zero-order valence-corrected chi connectivity index (χ0v) is 8.20. The molecule has 0 spiro atoms. The van der Waals surface area contributed by atoms with E-state index in [-0.39, 0.29) is 11.5 Å². The fourth-order valence-electron chi connectivity index (χ4n) is 1.96. The van der Waals surface area contributed by atoms with Crippen molar-refractivity contribution in [1.82, 2.24) is 9.55 Å². The van der Waals surface area contributed by atoms with Crippen LogP contribution in [0.1, 0.15) is 32.5 Å². The fourth-order valence-corrected chi connectivity index (χ4v) is 1.96. The molecule has 1 fully saturated rings. The molecule has 13 heavy (non-hydrogen) atoms. The molecular formula is C10H16N2O. The van der Waals surface area contributed by atoms with Crippen LogP contribution >= 0.6 is 0 Å². The van der Waals surface area contributed by atoms with Crippen molar-refractivity contribution in [3.05, 3.63) is 18.2 Å². The van der Waals surface area contributed by atoms with E-state index in [9.17, 15) is 5.11 Å². The Hall–Kier alpha value is -0.830. The molecule has 72 valence electrons. The van der Waals surface area contributed by atoms with Gasteiger partial charge in [0.1, 0.15) is 5.82 Å². The summed E-state index contributed by atoms with van der Waals surface area (Å²) in [6, 6.07) is 0. The third kappa shape index (κ3) is 1.18. The lowest BCUT2D eigenvalue weighted by Crippen LogP contribution is -2.26. The van der Waals surface area contributed by atoms with Crippen LogP contribution in [0.5, 0.6) is 0 Å². The summed E-state index contributed by atoms with van der Waals surface area (Å²) in [5.41, 5.74) is -0.0283. The number of aromatic nitrogens is 2. The molecule has 2 rings (SSSR count). The van der Waals surface area contributed by atoms with Crippen LogP contribution in [0.4, 0.5) is 0 Å². The van der Waals surface area contributed by atoms with Gasteiger partial charge in [-0.2, -0.15) is 0 Å². The summed E-state index contributed by atoms with van der Waals surface area (Å²) in [6.07, 6.45) is 5.67. The van der Waals surface area contributed by atoms with E-state index in [4.69, 9.17) is 0 Å². The quantitative estimate of drug-likeness (QED) is 0.761. The monoisotopic (exact) mass is 180 g/mol. The largest absolute Gasteiger partial charge is 0.392 e. The molecule has 3 nitrogen and oxygen atoms in total. The Morgan fingerprint density at radius 2 is 2.38 bits per heavy atom. The fraction of sp³-hybridized carbons (Fsp3) is 0.700. The first kappa shape index (κ1) is 8.75. The number of aliphatic hydroxyl groups excluding tert-OH is 1. The van der Waals surface area contributed by atoms with Gasteiger partial charge in [0.05, 0.1) is 11.5 Å². The molecule has 1 aromatic heterocycles. The van der Waals surface area contributed by atoms with Crippen molar-refractivity contribution in [2.24, 2.45) is 0 Å². The smallest absolute Gasteiger partial charge is 0.117 e. The lowest BCUT2D eigenvalue weighted by atomic mass is 10.00. The topological polar surface area (TPSA) is 38.0 Å². The van der Waals surface area contributed by atoms with E-state index in [0.717, 1.165) is 25.2 Å². The minimum Gasteiger partial charge on any atom is -0.392 e. The molecule has 0 aromatic carbocycles. The Morgan fingerprint density at radius 3 is 2.85 bits per heavy atom. The van der Waals surface area contributed by atoms with Crippen LogP contribution in [0.3, 0.4) is 0 Å². The first-order chi connectivity index (χ1) is 6.20. The highest BCUT2D eigenvalue weighted by Crippen LogP contribution is 2.50. The molecule has 0 aliphatic heterocycles. The second kappa shape index (κ2) is 2.84. The second-order valence-electron chi connectivity index (χ2n) is 3.87. The molecule has 1 unspecified atom stereocenters. The minimum absolute atomic E-state index is 0.0283. The number of rotatable bonds is 3. The van der Waals surface area contributed by atoms with Crippen molar-refractivity contribution in [2.45, 2.75) is 44.8 Å². The molecule has 0 radical (unpaired) electrons. The predicted molar refractivity (Wildman–Crippen MR) is 50.5 cm³/mol. The highest BCUT2D eigenvalue weighted by Gasteiger charge is 2.51. The van der Waals surface area contributed by atoms with Gasteiger partial charge in [0, 0.05) is 18.9 Å². The molecule has 1 aliphatic carbocycles. The number of aliphatic hydroxyl groups is 1. The third-order valence-electron chi connectivity index (χ3n) is 3.09. The Balaban J connectivity index is 2.34. The van der Waals surface area contributed by atoms with Crippen LogP contribution in [0.2, 0.25) is 0 Å². The zero-order chi connectivity index (χ0) is 9.47.